The van der Waals surface area contributed by atoms with Crippen LogP contribution in [-0.2, 0) is 4.79 Å². The fourth-order valence-electron chi connectivity index (χ4n) is 1.97. The van der Waals surface area contributed by atoms with E-state index in [1.54, 1.807) is 0 Å². The summed E-state index contributed by atoms with van der Waals surface area (Å²) in [5, 5.41) is 11.5. The first-order valence-electron chi connectivity index (χ1n) is 5.85. The quantitative estimate of drug-likeness (QED) is 0.878. The molecule has 1 fully saturated rings. The van der Waals surface area contributed by atoms with Crippen LogP contribution in [0.1, 0.15) is 30.1 Å². The lowest BCUT2D eigenvalue weighted by Gasteiger charge is -2.26. The second kappa shape index (κ2) is 4.60. The van der Waals surface area contributed by atoms with Gasteiger partial charge in [0.2, 0.25) is 0 Å². The van der Waals surface area contributed by atoms with E-state index in [4.69, 9.17) is 0 Å². The summed E-state index contributed by atoms with van der Waals surface area (Å²) < 4.78 is 26.2. The molecule has 0 spiro atoms. The molecule has 1 unspecified atom stereocenters. The Bertz CT molecular complexity index is 543. The van der Waals surface area contributed by atoms with Gasteiger partial charge in [-0.2, -0.15) is 0 Å². The van der Waals surface area contributed by atoms with Gasteiger partial charge in [0.15, 0.2) is 0 Å². The average Bonchev–Trinajstić information content (AvgIpc) is 3.11. The van der Waals surface area contributed by atoms with Crippen LogP contribution in [0.3, 0.4) is 0 Å². The third-order valence-electron chi connectivity index (χ3n) is 3.39. The monoisotopic (exact) mass is 269 g/mol. The van der Waals surface area contributed by atoms with E-state index in [-0.39, 0.29) is 11.5 Å². The van der Waals surface area contributed by atoms with Gasteiger partial charge < -0.3 is 10.4 Å². The first-order chi connectivity index (χ1) is 8.84. The number of carbonyl (C=O) groups excluding carboxylic acids is 1. The lowest BCUT2D eigenvalue weighted by atomic mass is 9.95. The smallest absolute Gasteiger partial charge is 0.329 e. The van der Waals surface area contributed by atoms with Crippen molar-refractivity contribution >= 4 is 11.9 Å². The largest absolute Gasteiger partial charge is 0.480 e. The molecule has 0 heterocycles. The van der Waals surface area contributed by atoms with Crippen molar-refractivity contribution in [3.05, 3.63) is 35.4 Å². The Kier molecular flexibility index (Phi) is 3.26. The molecule has 1 amide bonds. The molecule has 1 aromatic rings. The molecule has 1 saturated carbocycles. The average molecular weight is 269 g/mol. The zero-order chi connectivity index (χ0) is 14.2. The van der Waals surface area contributed by atoms with Gasteiger partial charge in [-0.1, -0.05) is 0 Å². The van der Waals surface area contributed by atoms with Crippen LogP contribution in [-0.4, -0.2) is 22.5 Å². The predicted molar refractivity (Wildman–Crippen MR) is 62.6 cm³/mol. The summed E-state index contributed by atoms with van der Waals surface area (Å²) in [5.74, 6) is -3.98. The minimum Gasteiger partial charge on any atom is -0.480 e. The highest BCUT2D eigenvalue weighted by Crippen LogP contribution is 2.39. The number of nitrogens with one attached hydrogen (secondary N) is 1. The summed E-state index contributed by atoms with van der Waals surface area (Å²) >= 11 is 0. The number of carboxylic acids is 1. The Labute approximate surface area is 108 Å². The molecule has 1 atom stereocenters. The molecule has 0 bridgehead atoms. The molecule has 19 heavy (non-hydrogen) atoms. The molecular formula is C13H13F2NO3. The van der Waals surface area contributed by atoms with Crippen LogP contribution in [0.4, 0.5) is 8.78 Å². The van der Waals surface area contributed by atoms with Gasteiger partial charge in [0.25, 0.3) is 5.91 Å². The second-order valence-corrected chi connectivity index (χ2v) is 4.86. The van der Waals surface area contributed by atoms with Crippen LogP contribution < -0.4 is 5.32 Å². The van der Waals surface area contributed by atoms with E-state index in [2.05, 4.69) is 5.32 Å². The van der Waals surface area contributed by atoms with Gasteiger partial charge in [0.1, 0.15) is 17.2 Å². The Morgan fingerprint density at radius 1 is 1.37 bits per heavy atom. The number of rotatable bonds is 4. The van der Waals surface area contributed by atoms with E-state index < -0.39 is 29.0 Å². The lowest BCUT2D eigenvalue weighted by Crippen LogP contribution is -2.54. The summed E-state index contributed by atoms with van der Waals surface area (Å²) in [6.07, 6.45) is 1.41. The third kappa shape index (κ3) is 2.57. The fraction of sp³-hybridized carbons (Fsp3) is 0.385. The molecule has 102 valence electrons. The molecule has 1 aromatic carbocycles. The molecule has 6 heteroatoms. The molecular weight excluding hydrogens is 256 g/mol. The highest BCUT2D eigenvalue weighted by molar-refractivity contribution is 5.98. The number of amides is 1. The topological polar surface area (TPSA) is 66.4 Å². The van der Waals surface area contributed by atoms with Crippen LogP contribution in [0.2, 0.25) is 0 Å². The van der Waals surface area contributed by atoms with Gasteiger partial charge in [-0.05, 0) is 37.8 Å². The first kappa shape index (κ1) is 13.5. The number of hydrogen-bond donors (Lipinski definition) is 2. The Balaban J connectivity index is 2.22. The van der Waals surface area contributed by atoms with Gasteiger partial charge in [-0.3, -0.25) is 4.79 Å². The number of hydrogen-bond acceptors (Lipinski definition) is 2. The second-order valence-electron chi connectivity index (χ2n) is 4.86. The summed E-state index contributed by atoms with van der Waals surface area (Å²) in [6.45, 7) is 1.40. The molecule has 0 saturated heterocycles. The maximum atomic E-state index is 13.4. The van der Waals surface area contributed by atoms with Crippen molar-refractivity contribution in [3.63, 3.8) is 0 Å². The fourth-order valence-corrected chi connectivity index (χ4v) is 1.97. The Morgan fingerprint density at radius 3 is 2.47 bits per heavy atom. The van der Waals surface area contributed by atoms with Gasteiger partial charge in [0.05, 0.1) is 5.56 Å². The van der Waals surface area contributed by atoms with Crippen molar-refractivity contribution in [3.8, 4) is 0 Å². The van der Waals surface area contributed by atoms with Gasteiger partial charge >= 0.3 is 5.97 Å². The molecule has 0 radical (unpaired) electrons. The van der Waals surface area contributed by atoms with Crippen molar-refractivity contribution in [1.29, 1.82) is 0 Å². The molecule has 4 nitrogen and oxygen atoms in total. The Hall–Kier alpha value is -1.98. The van der Waals surface area contributed by atoms with Crippen molar-refractivity contribution in [2.75, 3.05) is 0 Å². The van der Waals surface area contributed by atoms with E-state index in [0.29, 0.717) is 18.9 Å². The summed E-state index contributed by atoms with van der Waals surface area (Å²) in [5.41, 5.74) is -1.78. The zero-order valence-corrected chi connectivity index (χ0v) is 10.2. The zero-order valence-electron chi connectivity index (χ0n) is 10.2. The molecule has 0 aromatic heterocycles. The van der Waals surface area contributed by atoms with Crippen LogP contribution >= 0.6 is 0 Å². The van der Waals surface area contributed by atoms with Crippen molar-refractivity contribution in [1.82, 2.24) is 5.32 Å². The van der Waals surface area contributed by atoms with E-state index in [9.17, 15) is 23.5 Å². The number of carboxylic acid groups (broad SMARTS) is 1. The van der Waals surface area contributed by atoms with Crippen LogP contribution in [0, 0.1) is 17.6 Å². The molecule has 1 aliphatic carbocycles. The summed E-state index contributed by atoms with van der Waals surface area (Å²) in [7, 11) is 0. The highest BCUT2D eigenvalue weighted by atomic mass is 19.1. The maximum Gasteiger partial charge on any atom is 0.329 e. The third-order valence-corrected chi connectivity index (χ3v) is 3.39. The van der Waals surface area contributed by atoms with Crippen molar-refractivity contribution in [2.24, 2.45) is 5.92 Å². The highest BCUT2D eigenvalue weighted by Gasteiger charge is 2.48. The standard InChI is InChI=1S/C13H13F2NO3/c1-13(12(18)19,7-2-3-7)16-11(17)9-5-4-8(14)6-10(9)15/h4-7H,2-3H2,1H3,(H,16,17)(H,18,19). The first-order valence-corrected chi connectivity index (χ1v) is 5.85. The normalized spacial score (nSPS) is 17.6. The number of halogens is 2. The number of benzene rings is 1. The minimum absolute atomic E-state index is 0.155. The van der Waals surface area contributed by atoms with E-state index in [1.165, 1.54) is 6.92 Å². The predicted octanol–water partition coefficient (Wildman–Crippen LogP) is 1.95. The van der Waals surface area contributed by atoms with Crippen molar-refractivity contribution < 1.29 is 23.5 Å². The van der Waals surface area contributed by atoms with Crippen LogP contribution in [0.5, 0.6) is 0 Å². The van der Waals surface area contributed by atoms with Crippen molar-refractivity contribution in [2.45, 2.75) is 25.3 Å². The Morgan fingerprint density at radius 2 is 2.00 bits per heavy atom. The SMILES string of the molecule is CC(NC(=O)c1ccc(F)cc1F)(C(=O)O)C1CC1. The molecule has 2 N–H and O–H groups in total. The number of carbonyl (C=O) groups is 2. The maximum absolute atomic E-state index is 13.4. The van der Waals surface area contributed by atoms with Crippen LogP contribution in [0.15, 0.2) is 18.2 Å². The minimum atomic E-state index is -1.42. The van der Waals surface area contributed by atoms with Crippen LogP contribution in [0.25, 0.3) is 0 Å². The molecule has 1 aliphatic rings. The molecule has 2 rings (SSSR count). The summed E-state index contributed by atoms with van der Waals surface area (Å²) in [4.78, 5) is 23.1. The van der Waals surface area contributed by atoms with E-state index in [1.807, 2.05) is 0 Å². The van der Waals surface area contributed by atoms with Gasteiger partial charge in [-0.25, -0.2) is 13.6 Å². The van der Waals surface area contributed by atoms with E-state index in [0.717, 1.165) is 12.1 Å². The summed E-state index contributed by atoms with van der Waals surface area (Å²) in [6, 6.07) is 2.53. The van der Waals surface area contributed by atoms with E-state index >= 15 is 0 Å². The van der Waals surface area contributed by atoms with Gasteiger partial charge in [-0.15, -0.1) is 0 Å². The molecule has 0 aliphatic heterocycles. The van der Waals surface area contributed by atoms with Gasteiger partial charge in [0, 0.05) is 6.07 Å². The lowest BCUT2D eigenvalue weighted by molar-refractivity contribution is -0.144. The number of aliphatic carboxylic acids is 1.